The van der Waals surface area contributed by atoms with E-state index in [1.54, 1.807) is 0 Å². The molecule has 46 heavy (non-hydrogen) atoms. The zero-order chi connectivity index (χ0) is 33.0. The van der Waals surface area contributed by atoms with Crippen molar-refractivity contribution in [2.75, 3.05) is 40.5 Å². The lowest BCUT2D eigenvalue weighted by Crippen LogP contribution is -2.56. The Balaban J connectivity index is 0.000000230. The Kier molecular flexibility index (Phi) is 12.4. The fourth-order valence-electron chi connectivity index (χ4n) is 5.72. The summed E-state index contributed by atoms with van der Waals surface area (Å²) in [5.41, 5.74) is -0.0794. The number of nitrogens with zero attached hydrogens (tertiary/aromatic N) is 1. The summed E-state index contributed by atoms with van der Waals surface area (Å²) in [5.74, 6) is -1.43. The molecule has 0 bridgehead atoms. The van der Waals surface area contributed by atoms with Gasteiger partial charge in [-0.15, -0.1) is 0 Å². The second-order valence-electron chi connectivity index (χ2n) is 11.2. The SMILES string of the molecule is COC(=O)[C@]1(COCc2ccccc2)CCCN1.COC(=O)[C@]1(COCc2ccccc2)CCCN1S(=O)(=O)c1ccc(F)cc1. The summed E-state index contributed by atoms with van der Waals surface area (Å²) in [6.07, 6.45) is 2.53. The van der Waals surface area contributed by atoms with Gasteiger partial charge in [-0.1, -0.05) is 60.7 Å². The Morgan fingerprint density at radius 1 is 0.783 bits per heavy atom. The van der Waals surface area contributed by atoms with Crippen LogP contribution in [0.1, 0.15) is 36.8 Å². The molecule has 2 aliphatic rings. The highest BCUT2D eigenvalue weighted by Gasteiger charge is 2.54. The molecule has 1 N–H and O–H groups in total. The van der Waals surface area contributed by atoms with Gasteiger partial charge in [0, 0.05) is 6.54 Å². The minimum Gasteiger partial charge on any atom is -0.468 e. The van der Waals surface area contributed by atoms with E-state index >= 15 is 0 Å². The summed E-state index contributed by atoms with van der Waals surface area (Å²) in [6, 6.07) is 23.9. The first-order valence-corrected chi connectivity index (χ1v) is 16.5. The van der Waals surface area contributed by atoms with Gasteiger partial charge in [-0.3, -0.25) is 5.32 Å². The molecule has 0 spiro atoms. The molecule has 0 saturated carbocycles. The van der Waals surface area contributed by atoms with E-state index in [-0.39, 0.29) is 37.0 Å². The molecule has 2 fully saturated rings. The van der Waals surface area contributed by atoms with E-state index in [0.29, 0.717) is 19.6 Å². The Hall–Kier alpha value is -3.68. The number of carbonyl (C=O) groups excluding carboxylic acids is 2. The standard InChI is InChI=1S/C20H22FNO5S.C14H19NO3/c1-26-19(23)20(15-27-14-16-6-3-2-4-7-16)12-5-13-22(20)28(24,25)18-10-8-17(21)9-11-18;1-17-13(16)14(8-5-9-15-14)11-18-10-12-6-3-2-4-7-12/h2-4,6-11H,5,12-15H2,1H3;2-4,6-7,15H,5,8-11H2,1H3/t20-;14-/m11/s1. The quantitative estimate of drug-likeness (QED) is 0.286. The molecule has 3 aromatic carbocycles. The molecule has 2 saturated heterocycles. The largest absolute Gasteiger partial charge is 0.468 e. The van der Waals surface area contributed by atoms with Gasteiger partial charge in [0.1, 0.15) is 11.4 Å². The topological polar surface area (TPSA) is 120 Å². The van der Waals surface area contributed by atoms with E-state index < -0.39 is 32.9 Å². The maximum absolute atomic E-state index is 13.2. The van der Waals surface area contributed by atoms with Crippen molar-refractivity contribution in [2.45, 2.75) is 54.9 Å². The molecular formula is C34H41FN2O8S. The number of nitrogens with one attached hydrogen (secondary N) is 1. The number of hydrogen-bond acceptors (Lipinski definition) is 9. The third-order valence-corrected chi connectivity index (χ3v) is 10.1. The van der Waals surface area contributed by atoms with Crippen molar-refractivity contribution in [3.8, 4) is 0 Å². The summed E-state index contributed by atoms with van der Waals surface area (Å²) < 4.78 is 61.9. The Morgan fingerprint density at radius 3 is 1.87 bits per heavy atom. The summed E-state index contributed by atoms with van der Waals surface area (Å²) in [5, 5.41) is 3.21. The first-order chi connectivity index (χ1) is 22.2. The molecule has 0 unspecified atom stereocenters. The van der Waals surface area contributed by atoms with E-state index in [4.69, 9.17) is 18.9 Å². The third kappa shape index (κ3) is 8.37. The van der Waals surface area contributed by atoms with Crippen LogP contribution < -0.4 is 5.32 Å². The van der Waals surface area contributed by atoms with Crippen molar-refractivity contribution in [3.05, 3.63) is 102 Å². The fraction of sp³-hybridized carbons (Fsp3) is 0.412. The number of carbonyl (C=O) groups is 2. The van der Waals surface area contributed by atoms with Gasteiger partial charge < -0.3 is 18.9 Å². The predicted molar refractivity (Wildman–Crippen MR) is 168 cm³/mol. The minimum absolute atomic E-state index is 0.0767. The highest BCUT2D eigenvalue weighted by atomic mass is 32.2. The normalized spacial score (nSPS) is 21.3. The van der Waals surface area contributed by atoms with Crippen LogP contribution in [-0.4, -0.2) is 76.3 Å². The second-order valence-corrected chi connectivity index (χ2v) is 13.1. The molecule has 3 aromatic rings. The van der Waals surface area contributed by atoms with Crippen LogP contribution in [0, 0.1) is 5.82 Å². The smallest absolute Gasteiger partial charge is 0.329 e. The average molecular weight is 657 g/mol. The van der Waals surface area contributed by atoms with Crippen molar-refractivity contribution in [2.24, 2.45) is 0 Å². The van der Waals surface area contributed by atoms with Crippen LogP contribution in [0.4, 0.5) is 4.39 Å². The maximum atomic E-state index is 13.2. The molecule has 2 atom stereocenters. The van der Waals surface area contributed by atoms with E-state index in [0.717, 1.165) is 47.0 Å². The van der Waals surface area contributed by atoms with E-state index in [1.165, 1.54) is 26.4 Å². The first kappa shape index (κ1) is 35.2. The molecule has 12 heteroatoms. The van der Waals surface area contributed by atoms with Gasteiger partial charge in [0.25, 0.3) is 0 Å². The van der Waals surface area contributed by atoms with Crippen molar-refractivity contribution in [1.29, 1.82) is 0 Å². The second kappa shape index (κ2) is 16.2. The van der Waals surface area contributed by atoms with Crippen LogP contribution in [0.2, 0.25) is 0 Å². The van der Waals surface area contributed by atoms with Crippen molar-refractivity contribution in [1.82, 2.24) is 9.62 Å². The van der Waals surface area contributed by atoms with Crippen LogP contribution >= 0.6 is 0 Å². The number of methoxy groups -OCH3 is 2. The van der Waals surface area contributed by atoms with Gasteiger partial charge in [-0.2, -0.15) is 4.31 Å². The predicted octanol–water partition coefficient (Wildman–Crippen LogP) is 4.24. The number of rotatable bonds is 12. The fourth-order valence-corrected chi connectivity index (χ4v) is 7.50. The van der Waals surface area contributed by atoms with Gasteiger partial charge in [0.2, 0.25) is 10.0 Å². The van der Waals surface area contributed by atoms with E-state index in [1.807, 2.05) is 60.7 Å². The minimum atomic E-state index is -4.03. The van der Waals surface area contributed by atoms with E-state index in [9.17, 15) is 22.4 Å². The summed E-state index contributed by atoms with van der Waals surface area (Å²) >= 11 is 0. The lowest BCUT2D eigenvalue weighted by molar-refractivity contribution is -0.154. The molecule has 0 radical (unpaired) electrons. The van der Waals surface area contributed by atoms with Gasteiger partial charge in [0.05, 0.1) is 45.5 Å². The highest BCUT2D eigenvalue weighted by molar-refractivity contribution is 7.89. The number of benzene rings is 3. The number of halogens is 1. The summed E-state index contributed by atoms with van der Waals surface area (Å²) in [6.45, 7) is 1.97. The van der Waals surface area contributed by atoms with Crippen molar-refractivity contribution in [3.63, 3.8) is 0 Å². The van der Waals surface area contributed by atoms with Crippen LogP contribution in [0.15, 0.2) is 89.8 Å². The Morgan fingerprint density at radius 2 is 1.35 bits per heavy atom. The van der Waals surface area contributed by atoms with Crippen molar-refractivity contribution >= 4 is 22.0 Å². The maximum Gasteiger partial charge on any atom is 0.329 e. The zero-order valence-electron chi connectivity index (χ0n) is 26.2. The van der Waals surface area contributed by atoms with Crippen LogP contribution in [-0.2, 0) is 51.8 Å². The molecule has 0 amide bonds. The summed E-state index contributed by atoms with van der Waals surface area (Å²) in [4.78, 5) is 24.4. The number of sulfonamides is 1. The van der Waals surface area contributed by atoms with Gasteiger partial charge in [0.15, 0.2) is 5.54 Å². The summed E-state index contributed by atoms with van der Waals surface area (Å²) in [7, 11) is -1.38. The number of hydrogen-bond donors (Lipinski definition) is 1. The molecule has 2 aliphatic heterocycles. The molecule has 0 aromatic heterocycles. The lowest BCUT2D eigenvalue weighted by Gasteiger charge is -2.34. The van der Waals surface area contributed by atoms with Crippen LogP contribution in [0.25, 0.3) is 0 Å². The van der Waals surface area contributed by atoms with Gasteiger partial charge in [-0.25, -0.2) is 22.4 Å². The monoisotopic (exact) mass is 656 g/mol. The molecule has 5 rings (SSSR count). The number of ether oxygens (including phenoxy) is 4. The Bertz CT molecular complexity index is 1520. The lowest BCUT2D eigenvalue weighted by atomic mass is 9.99. The molecule has 248 valence electrons. The number of esters is 2. The molecule has 0 aliphatic carbocycles. The van der Waals surface area contributed by atoms with Crippen molar-refractivity contribution < 1.29 is 41.3 Å². The molecular weight excluding hydrogens is 615 g/mol. The van der Waals surface area contributed by atoms with Crippen LogP contribution in [0.5, 0.6) is 0 Å². The first-order valence-electron chi connectivity index (χ1n) is 15.1. The van der Waals surface area contributed by atoms with Gasteiger partial charge >= 0.3 is 11.9 Å². The third-order valence-electron chi connectivity index (χ3n) is 8.13. The molecule has 10 nitrogen and oxygen atoms in total. The Labute approximate surface area is 269 Å². The molecule has 2 heterocycles. The highest BCUT2D eigenvalue weighted by Crippen LogP contribution is 2.36. The van der Waals surface area contributed by atoms with Crippen LogP contribution in [0.3, 0.4) is 0 Å². The average Bonchev–Trinajstić information content (AvgIpc) is 3.75. The van der Waals surface area contributed by atoms with Gasteiger partial charge in [-0.05, 0) is 67.6 Å². The van der Waals surface area contributed by atoms with E-state index in [2.05, 4.69) is 5.32 Å². The zero-order valence-corrected chi connectivity index (χ0v) is 27.0.